The van der Waals surface area contributed by atoms with Gasteiger partial charge in [0.05, 0.1) is 0 Å². The third-order valence-electron chi connectivity index (χ3n) is 5.70. The zero-order valence-corrected chi connectivity index (χ0v) is 14.9. The van der Waals surface area contributed by atoms with Gasteiger partial charge in [-0.2, -0.15) is 0 Å². The SMILES string of the molecule is C=C[C@H]1c2ccccc2N(C)C=C(C)[C@]12C(=O)N(C)c1ccccc12. The summed E-state index contributed by atoms with van der Waals surface area (Å²) in [5, 5.41) is 0. The lowest BCUT2D eigenvalue weighted by atomic mass is 9.64. The number of allylic oxidation sites excluding steroid dienone is 1. The lowest BCUT2D eigenvalue weighted by Gasteiger charge is -2.35. The maximum absolute atomic E-state index is 13.6. The number of amides is 1. The van der Waals surface area contributed by atoms with Gasteiger partial charge in [0, 0.05) is 37.6 Å². The number of nitrogens with zero attached hydrogens (tertiary/aromatic N) is 2. The summed E-state index contributed by atoms with van der Waals surface area (Å²) in [5.41, 5.74) is 4.59. The number of carbonyl (C=O) groups is 1. The summed E-state index contributed by atoms with van der Waals surface area (Å²) >= 11 is 0. The summed E-state index contributed by atoms with van der Waals surface area (Å²) in [6.45, 7) is 6.18. The first-order valence-corrected chi connectivity index (χ1v) is 8.54. The van der Waals surface area contributed by atoms with Crippen LogP contribution in [0.15, 0.2) is 73.0 Å². The minimum Gasteiger partial charge on any atom is -0.351 e. The van der Waals surface area contributed by atoms with Gasteiger partial charge in [0.15, 0.2) is 0 Å². The van der Waals surface area contributed by atoms with Crippen molar-refractivity contribution in [1.29, 1.82) is 0 Å². The lowest BCUT2D eigenvalue weighted by molar-refractivity contribution is -0.122. The Balaban J connectivity index is 2.12. The number of para-hydroxylation sites is 2. The fraction of sp³-hybridized carbons (Fsp3) is 0.227. The van der Waals surface area contributed by atoms with Crippen molar-refractivity contribution in [3.05, 3.63) is 84.1 Å². The van der Waals surface area contributed by atoms with Crippen molar-refractivity contribution in [2.24, 2.45) is 0 Å². The van der Waals surface area contributed by atoms with E-state index in [0.717, 1.165) is 28.1 Å². The highest BCUT2D eigenvalue weighted by molar-refractivity contribution is 6.11. The Morgan fingerprint density at radius 3 is 2.40 bits per heavy atom. The second-order valence-corrected chi connectivity index (χ2v) is 6.88. The van der Waals surface area contributed by atoms with Crippen LogP contribution in [-0.2, 0) is 10.2 Å². The van der Waals surface area contributed by atoms with Gasteiger partial charge in [-0.15, -0.1) is 6.58 Å². The zero-order chi connectivity index (χ0) is 17.8. The molecule has 2 aromatic carbocycles. The van der Waals surface area contributed by atoms with Crippen LogP contribution in [0.5, 0.6) is 0 Å². The molecule has 0 unspecified atom stereocenters. The summed E-state index contributed by atoms with van der Waals surface area (Å²) in [7, 11) is 3.90. The Labute approximate surface area is 148 Å². The largest absolute Gasteiger partial charge is 0.351 e. The molecule has 3 heteroatoms. The second kappa shape index (κ2) is 5.35. The van der Waals surface area contributed by atoms with E-state index in [1.807, 2.05) is 50.5 Å². The summed E-state index contributed by atoms with van der Waals surface area (Å²) in [5.74, 6) is -0.0130. The van der Waals surface area contributed by atoms with Crippen molar-refractivity contribution in [2.45, 2.75) is 18.3 Å². The number of anilines is 2. The van der Waals surface area contributed by atoms with E-state index in [1.54, 1.807) is 4.90 Å². The number of likely N-dealkylation sites (N-methyl/N-ethyl adjacent to an activating group) is 1. The predicted molar refractivity (Wildman–Crippen MR) is 103 cm³/mol. The van der Waals surface area contributed by atoms with Crippen LogP contribution in [0.1, 0.15) is 24.0 Å². The van der Waals surface area contributed by atoms with Gasteiger partial charge in [-0.1, -0.05) is 42.5 Å². The molecule has 126 valence electrons. The first-order valence-electron chi connectivity index (χ1n) is 8.54. The molecule has 1 amide bonds. The maximum atomic E-state index is 13.6. The fourth-order valence-electron chi connectivity index (χ4n) is 4.59. The molecule has 0 saturated carbocycles. The van der Waals surface area contributed by atoms with E-state index in [-0.39, 0.29) is 11.8 Å². The van der Waals surface area contributed by atoms with Crippen LogP contribution in [-0.4, -0.2) is 20.0 Å². The van der Waals surface area contributed by atoms with Gasteiger partial charge in [-0.3, -0.25) is 4.79 Å². The zero-order valence-electron chi connectivity index (χ0n) is 14.9. The third kappa shape index (κ3) is 1.84. The molecule has 1 spiro atoms. The molecule has 0 saturated heterocycles. The monoisotopic (exact) mass is 330 g/mol. The van der Waals surface area contributed by atoms with E-state index in [0.29, 0.717) is 0 Å². The molecule has 0 fully saturated rings. The second-order valence-electron chi connectivity index (χ2n) is 6.88. The van der Waals surface area contributed by atoms with Crippen LogP contribution in [0.3, 0.4) is 0 Å². The van der Waals surface area contributed by atoms with Gasteiger partial charge in [0.25, 0.3) is 0 Å². The average Bonchev–Trinajstić information content (AvgIpc) is 2.80. The fourth-order valence-corrected chi connectivity index (χ4v) is 4.59. The topological polar surface area (TPSA) is 23.6 Å². The number of benzene rings is 2. The summed E-state index contributed by atoms with van der Waals surface area (Å²) in [6.07, 6.45) is 4.03. The van der Waals surface area contributed by atoms with E-state index in [9.17, 15) is 4.79 Å². The molecule has 2 aromatic rings. The van der Waals surface area contributed by atoms with E-state index in [2.05, 4.69) is 42.8 Å². The smallest absolute Gasteiger partial charge is 0.242 e. The van der Waals surface area contributed by atoms with Gasteiger partial charge in [-0.05, 0) is 35.8 Å². The van der Waals surface area contributed by atoms with E-state index in [4.69, 9.17) is 0 Å². The summed E-state index contributed by atoms with van der Waals surface area (Å²) in [4.78, 5) is 17.5. The first-order chi connectivity index (χ1) is 12.0. The molecule has 4 rings (SSSR count). The lowest BCUT2D eigenvalue weighted by Crippen LogP contribution is -2.43. The normalized spacial score (nSPS) is 24.7. The van der Waals surface area contributed by atoms with Crippen molar-refractivity contribution < 1.29 is 4.79 Å². The maximum Gasteiger partial charge on any atom is 0.242 e. The molecule has 2 heterocycles. The molecule has 3 nitrogen and oxygen atoms in total. The Morgan fingerprint density at radius 1 is 1.04 bits per heavy atom. The van der Waals surface area contributed by atoms with Crippen molar-refractivity contribution >= 4 is 17.3 Å². The molecule has 0 N–H and O–H groups in total. The Morgan fingerprint density at radius 2 is 1.68 bits per heavy atom. The van der Waals surface area contributed by atoms with Crippen LogP contribution in [0.2, 0.25) is 0 Å². The van der Waals surface area contributed by atoms with Crippen LogP contribution >= 0.6 is 0 Å². The Kier molecular flexibility index (Phi) is 3.36. The Hall–Kier alpha value is -2.81. The molecule has 0 radical (unpaired) electrons. The summed E-state index contributed by atoms with van der Waals surface area (Å²) in [6, 6.07) is 16.4. The number of hydrogen-bond donors (Lipinski definition) is 0. The third-order valence-corrected chi connectivity index (χ3v) is 5.70. The van der Waals surface area contributed by atoms with Gasteiger partial charge in [0.1, 0.15) is 5.41 Å². The highest BCUT2D eigenvalue weighted by Gasteiger charge is 2.56. The minimum absolute atomic E-state index is 0.109. The quantitative estimate of drug-likeness (QED) is 0.731. The molecule has 2 aliphatic rings. The van der Waals surface area contributed by atoms with E-state index in [1.165, 1.54) is 0 Å². The van der Waals surface area contributed by atoms with Crippen LogP contribution < -0.4 is 9.80 Å². The van der Waals surface area contributed by atoms with Gasteiger partial charge < -0.3 is 9.80 Å². The van der Waals surface area contributed by atoms with Crippen molar-refractivity contribution in [2.75, 3.05) is 23.9 Å². The molecule has 0 bridgehead atoms. The predicted octanol–water partition coefficient (Wildman–Crippen LogP) is 4.22. The molecule has 0 aliphatic carbocycles. The standard InChI is InChI=1S/C22H22N2O/c1-5-17-16-10-6-8-12-19(16)23(3)14-15(2)22(17)18-11-7-9-13-20(18)24(4)21(22)25/h5-14,17H,1H2,2-4H3/t17-,22-/m0/s1. The molecular weight excluding hydrogens is 308 g/mol. The number of rotatable bonds is 1. The van der Waals surface area contributed by atoms with Crippen molar-refractivity contribution in [3.63, 3.8) is 0 Å². The minimum atomic E-state index is -0.742. The molecule has 25 heavy (non-hydrogen) atoms. The highest BCUT2D eigenvalue weighted by Crippen LogP contribution is 2.56. The number of fused-ring (bicyclic) bond motifs is 3. The van der Waals surface area contributed by atoms with Crippen molar-refractivity contribution in [3.8, 4) is 0 Å². The van der Waals surface area contributed by atoms with Gasteiger partial charge in [0.2, 0.25) is 5.91 Å². The van der Waals surface area contributed by atoms with Crippen LogP contribution in [0, 0.1) is 0 Å². The molecule has 2 aliphatic heterocycles. The van der Waals surface area contributed by atoms with E-state index >= 15 is 0 Å². The van der Waals surface area contributed by atoms with Crippen molar-refractivity contribution in [1.82, 2.24) is 0 Å². The summed E-state index contributed by atoms with van der Waals surface area (Å²) < 4.78 is 0. The highest BCUT2D eigenvalue weighted by atomic mass is 16.2. The van der Waals surface area contributed by atoms with Crippen LogP contribution in [0.25, 0.3) is 0 Å². The molecule has 2 atom stereocenters. The Bertz CT molecular complexity index is 914. The first kappa shape index (κ1) is 15.7. The molecular formula is C22H22N2O. The van der Waals surface area contributed by atoms with Crippen LogP contribution in [0.4, 0.5) is 11.4 Å². The van der Waals surface area contributed by atoms with Gasteiger partial charge >= 0.3 is 0 Å². The van der Waals surface area contributed by atoms with Gasteiger partial charge in [-0.25, -0.2) is 0 Å². The van der Waals surface area contributed by atoms with E-state index < -0.39 is 5.41 Å². The average molecular weight is 330 g/mol. The molecule has 0 aromatic heterocycles. The number of hydrogen-bond acceptors (Lipinski definition) is 2. The number of carbonyl (C=O) groups excluding carboxylic acids is 1.